The molecule has 0 spiro atoms. The van der Waals surface area contributed by atoms with Crippen molar-refractivity contribution in [1.29, 1.82) is 0 Å². The lowest BCUT2D eigenvalue weighted by atomic mass is 10.0. The summed E-state index contributed by atoms with van der Waals surface area (Å²) in [6.07, 6.45) is 35.0. The zero-order valence-corrected chi connectivity index (χ0v) is 34.5. The van der Waals surface area contributed by atoms with E-state index in [0.717, 1.165) is 57.8 Å². The molecule has 0 aliphatic heterocycles. The van der Waals surface area contributed by atoms with Crippen LogP contribution in [0.1, 0.15) is 174 Å². The van der Waals surface area contributed by atoms with E-state index in [-0.39, 0.29) is 32.0 Å². The number of rotatable bonds is 37. The van der Waals surface area contributed by atoms with Crippen LogP contribution in [0.3, 0.4) is 0 Å². The van der Waals surface area contributed by atoms with Crippen LogP contribution in [0.2, 0.25) is 0 Å². The summed E-state index contributed by atoms with van der Waals surface area (Å²) in [7, 11) is 1.47. The van der Waals surface area contributed by atoms with Gasteiger partial charge in [0, 0.05) is 12.8 Å². The molecule has 0 aromatic carbocycles. The number of hydrogen-bond acceptors (Lipinski definition) is 7. The van der Waals surface area contributed by atoms with E-state index in [2.05, 4.69) is 38.2 Å². The normalized spacial score (nSPS) is 13.9. The van der Waals surface area contributed by atoms with E-state index in [1.165, 1.54) is 83.5 Å². The Morgan fingerprint density at radius 3 is 1.59 bits per heavy atom. The van der Waals surface area contributed by atoms with Crippen LogP contribution in [0.5, 0.6) is 0 Å². The molecule has 0 aliphatic carbocycles. The molecule has 51 heavy (non-hydrogen) atoms. The molecule has 2 atom stereocenters. The molecule has 0 bridgehead atoms. The Kier molecular flexibility index (Phi) is 33.3. The molecule has 300 valence electrons. The third-order valence-electron chi connectivity index (χ3n) is 8.73. The fraction of sp³-hybridized carbons (Fsp3) is 0.854. The highest BCUT2D eigenvalue weighted by molar-refractivity contribution is 7.47. The van der Waals surface area contributed by atoms with Gasteiger partial charge in [0.05, 0.1) is 27.7 Å². The lowest BCUT2D eigenvalue weighted by Gasteiger charge is -2.24. The predicted octanol–water partition coefficient (Wildman–Crippen LogP) is 11.2. The Morgan fingerprint density at radius 1 is 0.608 bits per heavy atom. The average molecular weight is 745 g/mol. The first kappa shape index (κ1) is 49.5. The molecular formula is C41H79NO8P+. The molecule has 0 radical (unpaired) electrons. The first-order valence-corrected chi connectivity index (χ1v) is 22.1. The van der Waals surface area contributed by atoms with Gasteiger partial charge in [-0.25, -0.2) is 4.57 Å². The second-order valence-electron chi connectivity index (χ2n) is 15.0. The zero-order chi connectivity index (χ0) is 37.9. The fourth-order valence-corrected chi connectivity index (χ4v) is 6.20. The maximum Gasteiger partial charge on any atom is 0.472 e. The fourth-order valence-electron chi connectivity index (χ4n) is 5.45. The first-order chi connectivity index (χ1) is 24.5. The number of esters is 2. The monoisotopic (exact) mass is 745 g/mol. The lowest BCUT2D eigenvalue weighted by molar-refractivity contribution is -0.870. The van der Waals surface area contributed by atoms with Gasteiger partial charge in [0.15, 0.2) is 6.10 Å². The molecule has 10 heteroatoms. The maximum atomic E-state index is 12.6. The topological polar surface area (TPSA) is 108 Å². The van der Waals surface area contributed by atoms with Gasteiger partial charge in [-0.2, -0.15) is 0 Å². The van der Waals surface area contributed by atoms with Crippen molar-refractivity contribution < 1.29 is 42.1 Å². The SMILES string of the molecule is CCCCC/C=C\C/C=C\CCCCCCCC(=O)OC(COC(=O)CCCCCCCCCCCCCC)COP(=O)(O)OCC[N+](C)(C)C. The van der Waals surface area contributed by atoms with E-state index in [1.54, 1.807) is 0 Å². The summed E-state index contributed by atoms with van der Waals surface area (Å²) >= 11 is 0. The third-order valence-corrected chi connectivity index (χ3v) is 9.72. The summed E-state index contributed by atoms with van der Waals surface area (Å²) in [6, 6.07) is 0. The molecular weight excluding hydrogens is 665 g/mol. The van der Waals surface area contributed by atoms with Crippen LogP contribution in [0.25, 0.3) is 0 Å². The predicted molar refractivity (Wildman–Crippen MR) is 211 cm³/mol. The third kappa shape index (κ3) is 38.0. The molecule has 0 amide bonds. The van der Waals surface area contributed by atoms with Gasteiger partial charge in [-0.1, -0.05) is 141 Å². The van der Waals surface area contributed by atoms with E-state index >= 15 is 0 Å². The highest BCUT2D eigenvalue weighted by atomic mass is 31.2. The number of unbranched alkanes of at least 4 members (excludes halogenated alkanes) is 19. The Bertz CT molecular complexity index is 933. The van der Waals surface area contributed by atoms with Crippen LogP contribution in [-0.2, 0) is 32.7 Å². The second kappa shape index (κ2) is 34.3. The van der Waals surface area contributed by atoms with E-state index in [4.69, 9.17) is 18.5 Å². The Labute approximate surface area is 313 Å². The number of phosphoric ester groups is 1. The van der Waals surface area contributed by atoms with Crippen molar-refractivity contribution in [3.05, 3.63) is 24.3 Å². The Morgan fingerprint density at radius 2 is 1.06 bits per heavy atom. The molecule has 0 aliphatic rings. The number of nitrogens with zero attached hydrogens (tertiary/aromatic N) is 1. The molecule has 0 saturated carbocycles. The van der Waals surface area contributed by atoms with E-state index < -0.39 is 26.5 Å². The van der Waals surface area contributed by atoms with Crippen molar-refractivity contribution in [3.63, 3.8) is 0 Å². The molecule has 0 aromatic heterocycles. The van der Waals surface area contributed by atoms with Crippen LogP contribution in [0, 0.1) is 0 Å². The zero-order valence-electron chi connectivity index (χ0n) is 33.6. The summed E-state index contributed by atoms with van der Waals surface area (Å²) in [5, 5.41) is 0. The number of ether oxygens (including phenoxy) is 2. The van der Waals surface area contributed by atoms with Crippen LogP contribution in [0.15, 0.2) is 24.3 Å². The molecule has 2 unspecified atom stereocenters. The number of phosphoric acid groups is 1. The Balaban J connectivity index is 4.42. The summed E-state index contributed by atoms with van der Waals surface area (Å²) in [4.78, 5) is 35.2. The number of hydrogen-bond donors (Lipinski definition) is 1. The van der Waals surface area contributed by atoms with Gasteiger partial charge in [-0.3, -0.25) is 18.6 Å². The maximum absolute atomic E-state index is 12.6. The summed E-state index contributed by atoms with van der Waals surface area (Å²) in [6.45, 7) is 4.37. The van der Waals surface area contributed by atoms with Gasteiger partial charge in [-0.05, 0) is 44.9 Å². The number of carbonyl (C=O) groups is 2. The van der Waals surface area contributed by atoms with Gasteiger partial charge in [0.1, 0.15) is 19.8 Å². The quantitative estimate of drug-likeness (QED) is 0.0220. The smallest absolute Gasteiger partial charge is 0.462 e. The molecule has 0 saturated heterocycles. The van der Waals surface area contributed by atoms with E-state index in [0.29, 0.717) is 17.4 Å². The van der Waals surface area contributed by atoms with E-state index in [1.807, 2.05) is 21.1 Å². The van der Waals surface area contributed by atoms with Crippen molar-refractivity contribution in [2.75, 3.05) is 47.5 Å². The van der Waals surface area contributed by atoms with Crippen molar-refractivity contribution in [2.24, 2.45) is 0 Å². The molecule has 0 aromatic rings. The van der Waals surface area contributed by atoms with Crippen molar-refractivity contribution >= 4 is 19.8 Å². The van der Waals surface area contributed by atoms with Crippen LogP contribution in [-0.4, -0.2) is 74.9 Å². The van der Waals surface area contributed by atoms with Gasteiger partial charge in [0.2, 0.25) is 0 Å². The number of carbonyl (C=O) groups excluding carboxylic acids is 2. The highest BCUT2D eigenvalue weighted by Gasteiger charge is 2.27. The van der Waals surface area contributed by atoms with Gasteiger partial charge >= 0.3 is 19.8 Å². The first-order valence-electron chi connectivity index (χ1n) is 20.6. The largest absolute Gasteiger partial charge is 0.472 e. The van der Waals surface area contributed by atoms with Crippen molar-refractivity contribution in [3.8, 4) is 0 Å². The summed E-state index contributed by atoms with van der Waals surface area (Å²) in [5.74, 6) is -0.812. The molecule has 0 rings (SSSR count). The number of likely N-dealkylation sites (N-methyl/N-ethyl adjacent to an activating group) is 1. The van der Waals surface area contributed by atoms with Crippen LogP contribution < -0.4 is 0 Å². The minimum atomic E-state index is -4.37. The minimum Gasteiger partial charge on any atom is -0.462 e. The van der Waals surface area contributed by atoms with Crippen molar-refractivity contribution in [1.82, 2.24) is 0 Å². The summed E-state index contributed by atoms with van der Waals surface area (Å²) in [5.41, 5.74) is 0. The second-order valence-corrected chi connectivity index (χ2v) is 16.5. The average Bonchev–Trinajstić information content (AvgIpc) is 3.07. The van der Waals surface area contributed by atoms with Gasteiger partial charge < -0.3 is 18.9 Å². The van der Waals surface area contributed by atoms with Crippen molar-refractivity contribution in [2.45, 2.75) is 180 Å². The standard InChI is InChI=1S/C41H78NO8P/c1-6-8-10-12-14-16-18-20-21-22-24-26-28-30-32-34-41(44)50-39(38-49-51(45,46)48-36-35-42(3,4)5)37-47-40(43)33-31-29-27-25-23-19-17-15-13-11-9-7-2/h14,16,20-21,39H,6-13,15,17-19,22-38H2,1-5H3/p+1/b16-14-,21-20-. The molecule has 1 N–H and O–H groups in total. The Hall–Kier alpha value is -1.51. The molecule has 9 nitrogen and oxygen atoms in total. The highest BCUT2D eigenvalue weighted by Crippen LogP contribution is 2.43. The minimum absolute atomic E-state index is 0.0303. The number of quaternary nitrogens is 1. The van der Waals surface area contributed by atoms with Crippen LogP contribution in [0.4, 0.5) is 0 Å². The van der Waals surface area contributed by atoms with Crippen LogP contribution >= 0.6 is 7.82 Å². The van der Waals surface area contributed by atoms with E-state index in [9.17, 15) is 19.0 Å². The molecule has 0 fully saturated rings. The lowest BCUT2D eigenvalue weighted by Crippen LogP contribution is -2.37. The molecule has 0 heterocycles. The summed E-state index contributed by atoms with van der Waals surface area (Å²) < 4.78 is 34.2. The van der Waals surface area contributed by atoms with Gasteiger partial charge in [-0.15, -0.1) is 0 Å². The number of allylic oxidation sites excluding steroid dienone is 4. The van der Waals surface area contributed by atoms with Gasteiger partial charge in [0.25, 0.3) is 0 Å².